The summed E-state index contributed by atoms with van der Waals surface area (Å²) in [7, 11) is 0. The van der Waals surface area contributed by atoms with Gasteiger partial charge in [0, 0.05) is 19.6 Å². The number of halogens is 1. The van der Waals surface area contributed by atoms with Crippen molar-refractivity contribution in [2.24, 2.45) is 10.7 Å². The number of hydrogen-bond donors (Lipinski definition) is 1. The smallest absolute Gasteiger partial charge is 0.191 e. The van der Waals surface area contributed by atoms with E-state index in [2.05, 4.69) is 18.8 Å². The zero-order valence-corrected chi connectivity index (χ0v) is 13.3. The summed E-state index contributed by atoms with van der Waals surface area (Å²) in [6.07, 6.45) is 0.762. The maximum atomic E-state index is 6.21. The number of nitrogens with two attached hydrogens (primary N) is 1. The Balaban J connectivity index is 2.01. The third kappa shape index (κ3) is 3.94. The van der Waals surface area contributed by atoms with Crippen LogP contribution in [0.3, 0.4) is 0 Å². The van der Waals surface area contributed by atoms with Crippen LogP contribution in [0.1, 0.15) is 19.4 Å². The number of rotatable bonds is 5. The van der Waals surface area contributed by atoms with Crippen LogP contribution < -0.4 is 15.2 Å². The van der Waals surface area contributed by atoms with Crippen molar-refractivity contribution in [3.63, 3.8) is 0 Å². The lowest BCUT2D eigenvalue weighted by molar-refractivity contribution is 0.171. The van der Waals surface area contributed by atoms with Gasteiger partial charge in [0.15, 0.2) is 17.5 Å². The van der Waals surface area contributed by atoms with Gasteiger partial charge in [-0.05, 0) is 38.0 Å². The van der Waals surface area contributed by atoms with Crippen LogP contribution in [0.5, 0.6) is 11.5 Å². The van der Waals surface area contributed by atoms with E-state index in [0.717, 1.165) is 25.1 Å². The van der Waals surface area contributed by atoms with Gasteiger partial charge in [0.2, 0.25) is 0 Å². The van der Waals surface area contributed by atoms with E-state index in [-0.39, 0.29) is 0 Å². The summed E-state index contributed by atoms with van der Waals surface area (Å²) in [5, 5.41) is 0.586. The topological polar surface area (TPSA) is 60.1 Å². The maximum Gasteiger partial charge on any atom is 0.191 e. The van der Waals surface area contributed by atoms with E-state index >= 15 is 0 Å². The highest BCUT2D eigenvalue weighted by Gasteiger charge is 2.16. The number of hydrogen-bond acceptors (Lipinski definition) is 3. The van der Waals surface area contributed by atoms with Gasteiger partial charge in [-0.1, -0.05) is 11.6 Å². The fraction of sp³-hybridized carbons (Fsp3) is 0.533. The van der Waals surface area contributed by atoms with Crippen molar-refractivity contribution in [2.75, 3.05) is 32.8 Å². The van der Waals surface area contributed by atoms with Crippen LogP contribution in [0, 0.1) is 0 Å². The average Bonchev–Trinajstić information content (AvgIpc) is 2.48. The molecule has 116 valence electrons. The molecular weight excluding hydrogens is 290 g/mol. The molecule has 0 radical (unpaired) electrons. The van der Waals surface area contributed by atoms with Gasteiger partial charge in [0.1, 0.15) is 13.2 Å². The van der Waals surface area contributed by atoms with Crippen LogP contribution in [0.25, 0.3) is 0 Å². The number of guanidine groups is 1. The van der Waals surface area contributed by atoms with Crippen molar-refractivity contribution in [3.8, 4) is 11.5 Å². The number of benzene rings is 1. The molecule has 0 atom stereocenters. The lowest BCUT2D eigenvalue weighted by Gasteiger charge is -2.20. The highest BCUT2D eigenvalue weighted by Crippen LogP contribution is 2.38. The average molecular weight is 312 g/mol. The van der Waals surface area contributed by atoms with Crippen LogP contribution in [-0.2, 0) is 6.42 Å². The lowest BCUT2D eigenvalue weighted by Crippen LogP contribution is -2.37. The summed E-state index contributed by atoms with van der Waals surface area (Å²) in [5.74, 6) is 1.94. The largest absolute Gasteiger partial charge is 0.486 e. The van der Waals surface area contributed by atoms with Gasteiger partial charge in [-0.15, -0.1) is 0 Å². The third-order valence-electron chi connectivity index (χ3n) is 3.42. The summed E-state index contributed by atoms with van der Waals surface area (Å²) in [6.45, 7) is 7.57. The minimum atomic E-state index is 0.538. The first kappa shape index (κ1) is 15.8. The molecule has 0 saturated heterocycles. The molecule has 0 aliphatic carbocycles. The van der Waals surface area contributed by atoms with Crippen LogP contribution in [-0.4, -0.2) is 43.7 Å². The molecule has 0 unspecified atom stereocenters. The Morgan fingerprint density at radius 1 is 1.29 bits per heavy atom. The van der Waals surface area contributed by atoms with E-state index < -0.39 is 0 Å². The Labute approximate surface area is 130 Å². The van der Waals surface area contributed by atoms with Crippen molar-refractivity contribution >= 4 is 17.6 Å². The lowest BCUT2D eigenvalue weighted by atomic mass is 10.1. The van der Waals surface area contributed by atoms with E-state index in [4.69, 9.17) is 26.8 Å². The highest BCUT2D eigenvalue weighted by molar-refractivity contribution is 6.32. The van der Waals surface area contributed by atoms with Gasteiger partial charge in [0.25, 0.3) is 0 Å². The number of aliphatic imine (C=N–C) groups is 1. The number of ether oxygens (including phenoxy) is 2. The van der Waals surface area contributed by atoms with Crippen molar-refractivity contribution in [1.82, 2.24) is 4.90 Å². The summed E-state index contributed by atoms with van der Waals surface area (Å²) in [4.78, 5) is 6.43. The van der Waals surface area contributed by atoms with Gasteiger partial charge in [0.05, 0.1) is 5.02 Å². The van der Waals surface area contributed by atoms with Gasteiger partial charge >= 0.3 is 0 Å². The first-order valence-electron chi connectivity index (χ1n) is 7.28. The Bertz CT molecular complexity index is 516. The SMILES string of the molecule is CCN(CC)C(N)=NCCc1cc(Cl)c2c(c1)OCCO2. The minimum absolute atomic E-state index is 0.538. The fourth-order valence-electron chi connectivity index (χ4n) is 2.26. The first-order valence-corrected chi connectivity index (χ1v) is 7.66. The molecule has 2 rings (SSSR count). The quantitative estimate of drug-likeness (QED) is 0.669. The van der Waals surface area contributed by atoms with Crippen LogP contribution in [0.4, 0.5) is 0 Å². The zero-order valence-electron chi connectivity index (χ0n) is 12.6. The Morgan fingerprint density at radius 2 is 2.00 bits per heavy atom. The molecule has 21 heavy (non-hydrogen) atoms. The molecule has 0 bridgehead atoms. The van der Waals surface area contributed by atoms with Gasteiger partial charge in [-0.25, -0.2) is 0 Å². The van der Waals surface area contributed by atoms with Crippen molar-refractivity contribution in [3.05, 3.63) is 22.7 Å². The normalized spacial score (nSPS) is 14.1. The van der Waals surface area contributed by atoms with Crippen molar-refractivity contribution in [1.29, 1.82) is 0 Å². The molecule has 1 aromatic carbocycles. The molecule has 6 heteroatoms. The minimum Gasteiger partial charge on any atom is -0.486 e. The second-order valence-corrected chi connectivity index (χ2v) is 5.17. The fourth-order valence-corrected chi connectivity index (χ4v) is 2.54. The van der Waals surface area contributed by atoms with E-state index in [0.29, 0.717) is 42.2 Å². The zero-order chi connectivity index (χ0) is 15.2. The highest BCUT2D eigenvalue weighted by atomic mass is 35.5. The van der Waals surface area contributed by atoms with E-state index in [1.54, 1.807) is 0 Å². The molecule has 0 fully saturated rings. The second kappa shape index (κ2) is 7.41. The van der Waals surface area contributed by atoms with E-state index in [1.165, 1.54) is 0 Å². The summed E-state index contributed by atoms with van der Waals surface area (Å²) >= 11 is 6.21. The van der Waals surface area contributed by atoms with E-state index in [9.17, 15) is 0 Å². The first-order chi connectivity index (χ1) is 10.2. The molecule has 2 N–H and O–H groups in total. The summed E-state index contributed by atoms with van der Waals surface area (Å²) in [6, 6.07) is 3.86. The second-order valence-electron chi connectivity index (χ2n) is 4.76. The number of fused-ring (bicyclic) bond motifs is 1. The molecular formula is C15H22ClN3O2. The van der Waals surface area contributed by atoms with Gasteiger partial charge in [-0.2, -0.15) is 0 Å². The van der Waals surface area contributed by atoms with Crippen molar-refractivity contribution < 1.29 is 9.47 Å². The monoisotopic (exact) mass is 311 g/mol. The molecule has 0 amide bonds. The van der Waals surface area contributed by atoms with E-state index in [1.807, 2.05) is 17.0 Å². The molecule has 0 spiro atoms. The molecule has 1 aliphatic heterocycles. The molecule has 1 heterocycles. The molecule has 0 aromatic heterocycles. The predicted octanol–water partition coefficient (Wildman–Crippen LogP) is 2.31. The maximum absolute atomic E-state index is 6.21. The van der Waals surface area contributed by atoms with Gasteiger partial charge < -0.3 is 20.1 Å². The Kier molecular flexibility index (Phi) is 5.56. The summed E-state index contributed by atoms with van der Waals surface area (Å²) in [5.41, 5.74) is 7.02. The third-order valence-corrected chi connectivity index (χ3v) is 3.70. The van der Waals surface area contributed by atoms with Crippen LogP contribution >= 0.6 is 11.6 Å². The molecule has 0 saturated carbocycles. The standard InChI is InChI=1S/C15H22ClN3O2/c1-3-19(4-2)15(17)18-6-5-11-9-12(16)14-13(10-11)20-7-8-21-14/h9-10H,3-8H2,1-2H3,(H2,17,18). The Hall–Kier alpha value is -1.62. The van der Waals surface area contributed by atoms with Crippen LogP contribution in [0.15, 0.2) is 17.1 Å². The Morgan fingerprint density at radius 3 is 2.71 bits per heavy atom. The molecule has 1 aromatic rings. The molecule has 5 nitrogen and oxygen atoms in total. The predicted molar refractivity (Wildman–Crippen MR) is 85.6 cm³/mol. The van der Waals surface area contributed by atoms with Crippen molar-refractivity contribution in [2.45, 2.75) is 20.3 Å². The van der Waals surface area contributed by atoms with Crippen LogP contribution in [0.2, 0.25) is 5.02 Å². The molecule has 1 aliphatic rings. The number of nitrogens with zero attached hydrogens (tertiary/aromatic N) is 2. The summed E-state index contributed by atoms with van der Waals surface area (Å²) < 4.78 is 11.1. The van der Waals surface area contributed by atoms with Gasteiger partial charge in [-0.3, -0.25) is 4.99 Å².